The van der Waals surface area contributed by atoms with Crippen LogP contribution in [0.2, 0.25) is 0 Å². The third kappa shape index (κ3) is 8.08. The molecule has 3 rings (SSSR count). The Morgan fingerprint density at radius 2 is 1.82 bits per heavy atom. The zero-order valence-corrected chi connectivity index (χ0v) is 19.2. The van der Waals surface area contributed by atoms with Gasteiger partial charge in [0, 0.05) is 17.7 Å². The van der Waals surface area contributed by atoms with Crippen molar-refractivity contribution in [1.82, 2.24) is 4.90 Å². The molecule has 2 N–H and O–H groups in total. The Hall–Kier alpha value is -2.52. The molecule has 9 heteroatoms. The lowest BCUT2D eigenvalue weighted by Crippen LogP contribution is -2.36. The second-order valence-electron chi connectivity index (χ2n) is 8.12. The van der Waals surface area contributed by atoms with Crippen LogP contribution < -0.4 is 5.84 Å². The first-order valence-electron chi connectivity index (χ1n) is 11.0. The topological polar surface area (TPSA) is 71.0 Å². The normalized spacial score (nSPS) is 17.8. The van der Waals surface area contributed by atoms with Crippen molar-refractivity contribution in [3.05, 3.63) is 65.7 Å². The molecule has 2 unspecified atom stereocenters. The van der Waals surface area contributed by atoms with E-state index in [2.05, 4.69) is 22.1 Å². The largest absolute Gasteiger partial charge is 0.416 e. The molecule has 1 aliphatic heterocycles. The lowest BCUT2D eigenvalue weighted by molar-refractivity contribution is -0.137. The average molecular weight is 479 g/mol. The first-order valence-corrected chi connectivity index (χ1v) is 12.3. The van der Waals surface area contributed by atoms with Crippen LogP contribution in [0.1, 0.15) is 30.4 Å². The van der Waals surface area contributed by atoms with Crippen molar-refractivity contribution in [2.24, 2.45) is 15.9 Å². The fourth-order valence-corrected chi connectivity index (χ4v) is 4.89. The minimum Gasteiger partial charge on any atom is -0.323 e. The number of rotatable bonds is 9. The molecule has 33 heavy (non-hydrogen) atoms. The Kier molecular flexibility index (Phi) is 9.20. The van der Waals surface area contributed by atoms with Gasteiger partial charge in [-0.05, 0) is 56.1 Å². The van der Waals surface area contributed by atoms with Crippen LogP contribution >= 0.6 is 0 Å². The van der Waals surface area contributed by atoms with Gasteiger partial charge in [-0.2, -0.15) is 18.3 Å². The summed E-state index contributed by atoms with van der Waals surface area (Å²) in [5.41, 5.74) is 0.607. The molecule has 0 radical (unpaired) electrons. The summed E-state index contributed by atoms with van der Waals surface area (Å²) in [6.07, 6.45) is 1.35. The number of likely N-dealkylation sites (tertiary alicyclic amines) is 1. The van der Waals surface area contributed by atoms with Gasteiger partial charge in [0.15, 0.2) is 0 Å². The standard InChI is InChI=1S/C24H29F3N4OS/c25-24(26,27)20-10-7-11-23(15-20)33(32)18-22(30-28)16-29-21(14-19-8-3-1-4-9-19)17-31-12-5-2-6-13-31/h1,3-4,7-11,15-16,21H,2,5-6,12-14,17-18,28H2/b29-16?,30-22+. The number of aliphatic imine (C=N–C) groups is 1. The van der Waals surface area contributed by atoms with Gasteiger partial charge in [0.1, 0.15) is 0 Å². The molecule has 0 bridgehead atoms. The minimum atomic E-state index is -4.49. The van der Waals surface area contributed by atoms with Gasteiger partial charge in [-0.25, -0.2) is 0 Å². The molecule has 0 spiro atoms. The van der Waals surface area contributed by atoms with E-state index in [0.717, 1.165) is 43.8 Å². The highest BCUT2D eigenvalue weighted by Gasteiger charge is 2.30. The van der Waals surface area contributed by atoms with Crippen molar-refractivity contribution in [1.29, 1.82) is 0 Å². The fourth-order valence-electron chi connectivity index (χ4n) is 3.82. The summed E-state index contributed by atoms with van der Waals surface area (Å²) in [6, 6.07) is 14.5. The number of piperidine rings is 1. The summed E-state index contributed by atoms with van der Waals surface area (Å²) in [7, 11) is -1.73. The van der Waals surface area contributed by atoms with Crippen molar-refractivity contribution >= 4 is 22.7 Å². The molecular formula is C24H29F3N4OS. The predicted molar refractivity (Wildman–Crippen MR) is 127 cm³/mol. The lowest BCUT2D eigenvalue weighted by Gasteiger charge is -2.29. The number of hydrazone groups is 1. The Balaban J connectivity index is 1.69. The van der Waals surface area contributed by atoms with Crippen LogP contribution in [-0.2, 0) is 23.4 Å². The summed E-state index contributed by atoms with van der Waals surface area (Å²) < 4.78 is 51.6. The molecule has 1 fully saturated rings. The molecule has 2 aromatic carbocycles. The molecular weight excluding hydrogens is 449 g/mol. The number of hydrogen-bond acceptors (Lipinski definition) is 5. The van der Waals surface area contributed by atoms with Gasteiger partial charge >= 0.3 is 6.18 Å². The Bertz CT molecular complexity index is 973. The van der Waals surface area contributed by atoms with Crippen LogP contribution in [0, 0.1) is 0 Å². The zero-order chi connectivity index (χ0) is 23.7. The van der Waals surface area contributed by atoms with Gasteiger partial charge in [0.2, 0.25) is 0 Å². The first-order chi connectivity index (χ1) is 15.8. The number of hydrogen-bond donors (Lipinski definition) is 1. The maximum atomic E-state index is 13.0. The minimum absolute atomic E-state index is 0.0377. The van der Waals surface area contributed by atoms with Crippen LogP contribution in [0.25, 0.3) is 0 Å². The lowest BCUT2D eigenvalue weighted by atomic mass is 10.0. The number of alkyl halides is 3. The molecule has 1 aliphatic rings. The molecule has 0 saturated carbocycles. The predicted octanol–water partition coefficient (Wildman–Crippen LogP) is 4.30. The van der Waals surface area contributed by atoms with Gasteiger partial charge in [-0.15, -0.1) is 0 Å². The monoisotopic (exact) mass is 478 g/mol. The van der Waals surface area contributed by atoms with E-state index >= 15 is 0 Å². The van der Waals surface area contributed by atoms with E-state index in [1.54, 1.807) is 0 Å². The zero-order valence-electron chi connectivity index (χ0n) is 18.4. The van der Waals surface area contributed by atoms with Gasteiger partial charge in [0.25, 0.3) is 0 Å². The van der Waals surface area contributed by atoms with E-state index in [4.69, 9.17) is 10.8 Å². The van der Waals surface area contributed by atoms with Crippen molar-refractivity contribution in [3.8, 4) is 0 Å². The van der Waals surface area contributed by atoms with Gasteiger partial charge in [-0.1, -0.05) is 42.8 Å². The van der Waals surface area contributed by atoms with Crippen LogP contribution in [0.15, 0.2) is 69.6 Å². The Morgan fingerprint density at radius 3 is 2.48 bits per heavy atom. The van der Waals surface area contributed by atoms with Crippen molar-refractivity contribution in [2.75, 3.05) is 25.4 Å². The highest BCUT2D eigenvalue weighted by atomic mass is 32.2. The van der Waals surface area contributed by atoms with Crippen molar-refractivity contribution in [2.45, 2.75) is 42.8 Å². The quantitative estimate of drug-likeness (QED) is 0.332. The van der Waals surface area contributed by atoms with E-state index in [1.165, 1.54) is 37.6 Å². The summed E-state index contributed by atoms with van der Waals surface area (Å²) >= 11 is 0. The maximum absolute atomic E-state index is 13.0. The van der Waals surface area contributed by atoms with Crippen molar-refractivity contribution < 1.29 is 17.4 Å². The summed E-state index contributed by atoms with van der Waals surface area (Å²) in [5.74, 6) is 5.39. The number of nitrogens with zero attached hydrogens (tertiary/aromatic N) is 3. The molecule has 2 aromatic rings. The maximum Gasteiger partial charge on any atom is 0.416 e. The highest BCUT2D eigenvalue weighted by molar-refractivity contribution is 7.86. The SMILES string of the molecule is N/N=C(\C=NC(Cc1ccccc1)CN1CCCCC1)CS(=O)c1cccc(C(F)(F)F)c1. The second-order valence-corrected chi connectivity index (χ2v) is 9.57. The van der Waals surface area contributed by atoms with Gasteiger partial charge in [-0.3, -0.25) is 9.20 Å². The summed E-state index contributed by atoms with van der Waals surface area (Å²) in [5, 5.41) is 3.69. The van der Waals surface area contributed by atoms with Gasteiger partial charge < -0.3 is 10.7 Å². The summed E-state index contributed by atoms with van der Waals surface area (Å²) in [4.78, 5) is 7.17. The Labute approximate surface area is 195 Å². The third-order valence-electron chi connectivity index (χ3n) is 5.54. The number of nitrogens with two attached hydrogens (primary N) is 1. The molecule has 178 valence electrons. The average Bonchev–Trinajstić information content (AvgIpc) is 2.82. The molecule has 0 amide bonds. The van der Waals surface area contributed by atoms with E-state index < -0.39 is 22.5 Å². The van der Waals surface area contributed by atoms with Crippen LogP contribution in [0.4, 0.5) is 13.2 Å². The Morgan fingerprint density at radius 1 is 1.09 bits per heavy atom. The first kappa shape index (κ1) is 25.1. The molecule has 1 saturated heterocycles. The van der Waals surface area contributed by atoms with E-state index in [0.29, 0.717) is 0 Å². The smallest absolute Gasteiger partial charge is 0.323 e. The molecule has 5 nitrogen and oxygen atoms in total. The number of benzene rings is 2. The van der Waals surface area contributed by atoms with E-state index in [-0.39, 0.29) is 22.4 Å². The summed E-state index contributed by atoms with van der Waals surface area (Å²) in [6.45, 7) is 2.87. The molecule has 2 atom stereocenters. The fraction of sp³-hybridized carbons (Fsp3) is 0.417. The molecule has 1 heterocycles. The van der Waals surface area contributed by atoms with Crippen molar-refractivity contribution in [3.63, 3.8) is 0 Å². The van der Waals surface area contributed by atoms with Crippen LogP contribution in [0.5, 0.6) is 0 Å². The van der Waals surface area contributed by atoms with Crippen LogP contribution in [-0.4, -0.2) is 52.5 Å². The van der Waals surface area contributed by atoms with E-state index in [1.807, 2.05) is 18.2 Å². The molecule has 0 aliphatic carbocycles. The highest BCUT2D eigenvalue weighted by Crippen LogP contribution is 2.30. The second kappa shape index (κ2) is 12.1. The molecule has 0 aromatic heterocycles. The van der Waals surface area contributed by atoms with E-state index in [9.17, 15) is 17.4 Å². The van der Waals surface area contributed by atoms with Crippen LogP contribution in [0.3, 0.4) is 0 Å². The van der Waals surface area contributed by atoms with Gasteiger partial charge in [0.05, 0.1) is 33.9 Å². The third-order valence-corrected chi connectivity index (χ3v) is 6.87. The number of halogens is 3.